The third-order valence-electron chi connectivity index (χ3n) is 7.22. The largest absolute Gasteiger partial charge is 0.416 e. The van der Waals surface area contributed by atoms with E-state index in [1.54, 1.807) is 0 Å². The van der Waals surface area contributed by atoms with Crippen LogP contribution in [0.1, 0.15) is 34.7 Å². The first kappa shape index (κ1) is 27.2. The maximum atomic E-state index is 13.5. The van der Waals surface area contributed by atoms with Crippen LogP contribution < -0.4 is 0 Å². The van der Waals surface area contributed by atoms with Crippen molar-refractivity contribution in [2.24, 2.45) is 0 Å². The van der Waals surface area contributed by atoms with Crippen LogP contribution in [0.2, 0.25) is 0 Å². The summed E-state index contributed by atoms with van der Waals surface area (Å²) in [5, 5.41) is 0. The lowest BCUT2D eigenvalue weighted by atomic mass is 9.82. The first-order chi connectivity index (χ1) is 17.4. The van der Waals surface area contributed by atoms with Crippen molar-refractivity contribution in [2.45, 2.75) is 37.7 Å². The first-order valence-electron chi connectivity index (χ1n) is 12.3. The predicted molar refractivity (Wildman–Crippen MR) is 132 cm³/mol. The molecule has 1 atom stereocenters. The Hall–Kier alpha value is -2.84. The number of alkyl halides is 6. The van der Waals surface area contributed by atoms with Gasteiger partial charge in [-0.05, 0) is 54.7 Å². The second-order valence-corrected chi connectivity index (χ2v) is 9.80. The van der Waals surface area contributed by atoms with Crippen LogP contribution in [0.5, 0.6) is 0 Å². The molecule has 4 rings (SSSR count). The van der Waals surface area contributed by atoms with Gasteiger partial charge in [0.05, 0.1) is 11.1 Å². The molecule has 1 fully saturated rings. The predicted octanol–water partition coefficient (Wildman–Crippen LogP) is 7.04. The van der Waals surface area contributed by atoms with Crippen molar-refractivity contribution in [1.29, 1.82) is 0 Å². The minimum Gasteiger partial charge on any atom is -0.300 e. The Bertz CT molecular complexity index is 1120. The number of piperazine rings is 1. The van der Waals surface area contributed by atoms with E-state index in [9.17, 15) is 26.3 Å². The lowest BCUT2D eigenvalue weighted by Crippen LogP contribution is -2.55. The van der Waals surface area contributed by atoms with Crippen LogP contribution in [0.4, 0.5) is 26.3 Å². The third-order valence-corrected chi connectivity index (χ3v) is 7.22. The van der Waals surface area contributed by atoms with Crippen molar-refractivity contribution < 1.29 is 26.3 Å². The number of hydrogen-bond donors (Lipinski definition) is 0. The van der Waals surface area contributed by atoms with Crippen LogP contribution in [0, 0.1) is 0 Å². The summed E-state index contributed by atoms with van der Waals surface area (Å²) in [5.74, 6) is 0. The van der Waals surface area contributed by atoms with Crippen molar-refractivity contribution in [3.63, 3.8) is 0 Å². The minimum absolute atomic E-state index is 0.0139. The standard InChI is InChI=1S/C29H30F6N2/c1-27(24-10-6-3-7-11-24,21-23-18-25(28(30,31)32)20-26(19-23)29(33,34)35)37-16-14-36(15-17-37)13-12-22-8-4-2-5-9-22/h2-11,18-20H,12-17,21H2,1H3. The Balaban J connectivity index is 1.58. The van der Waals surface area contributed by atoms with Crippen molar-refractivity contribution in [3.05, 3.63) is 107 Å². The molecule has 37 heavy (non-hydrogen) atoms. The molecule has 2 nitrogen and oxygen atoms in total. The SMILES string of the molecule is CC(Cc1cc(C(F)(F)F)cc(C(F)(F)F)c1)(c1ccccc1)N1CCN(CCc2ccccc2)CC1. The van der Waals surface area contributed by atoms with E-state index in [2.05, 4.69) is 21.9 Å². The molecule has 0 radical (unpaired) electrons. The molecule has 1 heterocycles. The maximum Gasteiger partial charge on any atom is 0.416 e. The summed E-state index contributed by atoms with van der Waals surface area (Å²) in [6.07, 6.45) is -8.80. The van der Waals surface area contributed by atoms with Gasteiger partial charge in [0, 0.05) is 38.3 Å². The first-order valence-corrected chi connectivity index (χ1v) is 12.3. The van der Waals surface area contributed by atoms with Crippen LogP contribution in [0.3, 0.4) is 0 Å². The van der Waals surface area contributed by atoms with Crippen LogP contribution in [-0.2, 0) is 30.7 Å². The highest BCUT2D eigenvalue weighted by atomic mass is 19.4. The van der Waals surface area contributed by atoms with Gasteiger partial charge >= 0.3 is 12.4 Å². The highest BCUT2D eigenvalue weighted by Crippen LogP contribution is 2.39. The fourth-order valence-corrected chi connectivity index (χ4v) is 5.11. The van der Waals surface area contributed by atoms with E-state index in [-0.39, 0.29) is 18.1 Å². The van der Waals surface area contributed by atoms with Crippen LogP contribution in [0.15, 0.2) is 78.9 Å². The normalized spacial score (nSPS) is 17.5. The van der Waals surface area contributed by atoms with Crippen molar-refractivity contribution in [3.8, 4) is 0 Å². The summed E-state index contributed by atoms with van der Waals surface area (Å²) in [7, 11) is 0. The molecule has 3 aromatic rings. The molecule has 3 aromatic carbocycles. The summed E-state index contributed by atoms with van der Waals surface area (Å²) in [5.41, 5.74) is -1.21. The second kappa shape index (κ2) is 10.9. The molecule has 1 saturated heterocycles. The van der Waals surface area contributed by atoms with E-state index < -0.39 is 29.0 Å². The van der Waals surface area contributed by atoms with E-state index in [0.29, 0.717) is 13.1 Å². The molecule has 1 aliphatic rings. The zero-order chi connectivity index (χ0) is 26.7. The summed E-state index contributed by atoms with van der Waals surface area (Å²) < 4.78 is 81.0. The van der Waals surface area contributed by atoms with Gasteiger partial charge in [0.25, 0.3) is 0 Å². The third kappa shape index (κ3) is 6.73. The maximum absolute atomic E-state index is 13.5. The minimum atomic E-state index is -4.87. The average Bonchev–Trinajstić information content (AvgIpc) is 2.87. The average molecular weight is 521 g/mol. The fraction of sp³-hybridized carbons (Fsp3) is 0.379. The molecule has 1 aliphatic heterocycles. The molecular formula is C29H30F6N2. The Labute approximate surface area is 213 Å². The number of hydrogen-bond acceptors (Lipinski definition) is 2. The van der Waals surface area contributed by atoms with Gasteiger partial charge in [0.1, 0.15) is 0 Å². The quantitative estimate of drug-likeness (QED) is 0.308. The molecule has 0 aromatic heterocycles. The Morgan fingerprint density at radius 2 is 1.14 bits per heavy atom. The van der Waals surface area contributed by atoms with Crippen molar-refractivity contribution >= 4 is 0 Å². The highest BCUT2D eigenvalue weighted by molar-refractivity contribution is 5.36. The lowest BCUT2D eigenvalue weighted by Gasteiger charge is -2.46. The van der Waals surface area contributed by atoms with Crippen LogP contribution >= 0.6 is 0 Å². The summed E-state index contributed by atoms with van der Waals surface area (Å²) in [6.45, 7) is 5.66. The van der Waals surface area contributed by atoms with Crippen LogP contribution in [-0.4, -0.2) is 42.5 Å². The highest BCUT2D eigenvalue weighted by Gasteiger charge is 2.40. The number of nitrogens with zero attached hydrogens (tertiary/aromatic N) is 2. The van der Waals surface area contributed by atoms with E-state index in [1.165, 1.54) is 5.56 Å². The van der Waals surface area contributed by atoms with E-state index in [1.807, 2.05) is 55.5 Å². The Kier molecular flexibility index (Phi) is 7.99. The molecule has 0 N–H and O–H groups in total. The van der Waals surface area contributed by atoms with Gasteiger partial charge in [-0.1, -0.05) is 60.7 Å². The molecular weight excluding hydrogens is 490 g/mol. The smallest absolute Gasteiger partial charge is 0.300 e. The van der Waals surface area contributed by atoms with Gasteiger partial charge < -0.3 is 4.90 Å². The summed E-state index contributed by atoms with van der Waals surface area (Å²) in [4.78, 5) is 4.54. The van der Waals surface area contributed by atoms with Gasteiger partial charge in [-0.3, -0.25) is 4.90 Å². The molecule has 0 amide bonds. The lowest BCUT2D eigenvalue weighted by molar-refractivity contribution is -0.143. The molecule has 8 heteroatoms. The monoisotopic (exact) mass is 520 g/mol. The van der Waals surface area contributed by atoms with Gasteiger partial charge in [0.15, 0.2) is 0 Å². The van der Waals surface area contributed by atoms with Gasteiger partial charge in [0.2, 0.25) is 0 Å². The summed E-state index contributed by atoms with van der Waals surface area (Å²) in [6, 6.07) is 21.4. The van der Waals surface area contributed by atoms with Crippen molar-refractivity contribution in [1.82, 2.24) is 9.80 Å². The molecule has 0 aliphatic carbocycles. The van der Waals surface area contributed by atoms with E-state index in [0.717, 1.165) is 43.8 Å². The second-order valence-electron chi connectivity index (χ2n) is 9.80. The van der Waals surface area contributed by atoms with E-state index in [4.69, 9.17) is 0 Å². The molecule has 198 valence electrons. The topological polar surface area (TPSA) is 6.48 Å². The number of halogens is 6. The van der Waals surface area contributed by atoms with E-state index >= 15 is 0 Å². The molecule has 0 spiro atoms. The van der Waals surface area contributed by atoms with Gasteiger partial charge in [-0.15, -0.1) is 0 Å². The Morgan fingerprint density at radius 1 is 0.622 bits per heavy atom. The summed E-state index contributed by atoms with van der Waals surface area (Å²) >= 11 is 0. The zero-order valence-corrected chi connectivity index (χ0v) is 20.6. The van der Waals surface area contributed by atoms with Crippen molar-refractivity contribution in [2.75, 3.05) is 32.7 Å². The van der Waals surface area contributed by atoms with Gasteiger partial charge in [-0.25, -0.2) is 0 Å². The molecule has 0 saturated carbocycles. The Morgan fingerprint density at radius 3 is 1.65 bits per heavy atom. The zero-order valence-electron chi connectivity index (χ0n) is 20.6. The number of benzene rings is 3. The molecule has 1 unspecified atom stereocenters. The number of rotatable bonds is 7. The van der Waals surface area contributed by atoms with Crippen LogP contribution in [0.25, 0.3) is 0 Å². The van der Waals surface area contributed by atoms with Gasteiger partial charge in [-0.2, -0.15) is 26.3 Å². The molecule has 0 bridgehead atoms. The fourth-order valence-electron chi connectivity index (χ4n) is 5.11.